The van der Waals surface area contributed by atoms with E-state index in [4.69, 9.17) is 0 Å². The largest absolute Gasteiger partial charge is 0.335 e. The molecule has 1 saturated heterocycles. The summed E-state index contributed by atoms with van der Waals surface area (Å²) in [7, 11) is -3.58. The minimum atomic E-state index is -3.58. The van der Waals surface area contributed by atoms with Crippen LogP contribution in [0.4, 0.5) is 5.69 Å². The van der Waals surface area contributed by atoms with Crippen LogP contribution in [0.2, 0.25) is 0 Å². The molecule has 8 nitrogen and oxygen atoms in total. The summed E-state index contributed by atoms with van der Waals surface area (Å²) in [6.45, 7) is 1.00. The van der Waals surface area contributed by atoms with Gasteiger partial charge in [-0.15, -0.1) is 0 Å². The molecule has 1 fully saturated rings. The number of carbonyl (C=O) groups excluding carboxylic acids is 2. The molecule has 0 saturated carbocycles. The molecule has 0 unspecified atom stereocenters. The molecule has 4 rings (SSSR count). The molecule has 2 heterocycles. The third-order valence-electron chi connectivity index (χ3n) is 5.19. The topological polar surface area (TPSA) is 90.4 Å². The van der Waals surface area contributed by atoms with E-state index in [0.717, 1.165) is 0 Å². The molecule has 0 bridgehead atoms. The number of amides is 2. The summed E-state index contributed by atoms with van der Waals surface area (Å²) in [5.41, 5.74) is 0.934. The van der Waals surface area contributed by atoms with Crippen LogP contribution in [-0.4, -0.2) is 61.3 Å². The van der Waals surface area contributed by atoms with Crippen LogP contribution in [0.15, 0.2) is 70.7 Å². The number of nitrogens with zero attached hydrogens (tertiary/aromatic N) is 4. The molecule has 2 aromatic rings. The van der Waals surface area contributed by atoms with Crippen LogP contribution < -0.4 is 5.01 Å². The number of piperazine rings is 1. The van der Waals surface area contributed by atoms with Crippen LogP contribution in [0.3, 0.4) is 0 Å². The number of benzene rings is 2. The molecule has 2 aromatic carbocycles. The number of carbonyl (C=O) groups is 2. The number of anilines is 1. The van der Waals surface area contributed by atoms with Gasteiger partial charge in [-0.2, -0.15) is 9.41 Å². The molecule has 30 heavy (non-hydrogen) atoms. The van der Waals surface area contributed by atoms with Crippen molar-refractivity contribution in [2.45, 2.75) is 17.7 Å². The van der Waals surface area contributed by atoms with Crippen LogP contribution in [0.5, 0.6) is 0 Å². The summed E-state index contributed by atoms with van der Waals surface area (Å²) in [5.74, 6) is -0.406. The number of para-hydroxylation sites is 1. The Bertz CT molecular complexity index is 1060. The van der Waals surface area contributed by atoms with Crippen molar-refractivity contribution in [3.05, 3.63) is 60.7 Å². The van der Waals surface area contributed by atoms with E-state index < -0.39 is 10.0 Å². The first-order chi connectivity index (χ1) is 14.5. The molecule has 156 valence electrons. The summed E-state index contributed by atoms with van der Waals surface area (Å²) in [6.07, 6.45) is 0.491. The van der Waals surface area contributed by atoms with Gasteiger partial charge in [0.15, 0.2) is 0 Å². The zero-order chi connectivity index (χ0) is 21.1. The molecule has 9 heteroatoms. The van der Waals surface area contributed by atoms with Crippen molar-refractivity contribution in [3.8, 4) is 0 Å². The second kappa shape index (κ2) is 8.37. The van der Waals surface area contributed by atoms with E-state index in [0.29, 0.717) is 11.4 Å². The minimum absolute atomic E-state index is 0.156. The number of hydrazone groups is 1. The normalized spacial score (nSPS) is 18.3. The smallest absolute Gasteiger partial charge is 0.270 e. The lowest BCUT2D eigenvalue weighted by Crippen LogP contribution is -2.52. The quantitative estimate of drug-likeness (QED) is 0.744. The number of sulfonamides is 1. The van der Waals surface area contributed by atoms with E-state index in [1.54, 1.807) is 59.5 Å². The standard InChI is InChI=1S/C21H22N4O4S/c26-20-12-11-19(22-25(20)17-7-3-1-4-8-17)21(27)23-13-15-24(16-14-23)30(28,29)18-9-5-2-6-10-18/h1-10H,11-16H2. The maximum atomic E-state index is 13.0. The summed E-state index contributed by atoms with van der Waals surface area (Å²) in [4.78, 5) is 27.1. The van der Waals surface area contributed by atoms with Gasteiger partial charge in [-0.05, 0) is 24.3 Å². The van der Waals surface area contributed by atoms with Crippen molar-refractivity contribution in [3.63, 3.8) is 0 Å². The van der Waals surface area contributed by atoms with Gasteiger partial charge in [0.1, 0.15) is 5.71 Å². The lowest BCUT2D eigenvalue weighted by atomic mass is 10.1. The van der Waals surface area contributed by atoms with Crippen LogP contribution >= 0.6 is 0 Å². The Morgan fingerprint density at radius 2 is 1.43 bits per heavy atom. The van der Waals surface area contributed by atoms with Gasteiger partial charge in [-0.25, -0.2) is 13.4 Å². The molecule has 0 N–H and O–H groups in total. The third kappa shape index (κ3) is 3.99. The highest BCUT2D eigenvalue weighted by Gasteiger charge is 2.33. The van der Waals surface area contributed by atoms with Gasteiger partial charge in [0.25, 0.3) is 5.91 Å². The van der Waals surface area contributed by atoms with Crippen LogP contribution in [-0.2, 0) is 19.6 Å². The van der Waals surface area contributed by atoms with E-state index in [1.165, 1.54) is 9.31 Å². The average molecular weight is 426 g/mol. The molecule has 0 spiro atoms. The molecule has 2 aliphatic heterocycles. The molecule has 0 atom stereocenters. The highest BCUT2D eigenvalue weighted by molar-refractivity contribution is 7.89. The minimum Gasteiger partial charge on any atom is -0.335 e. The maximum absolute atomic E-state index is 13.0. The van der Waals surface area contributed by atoms with Crippen molar-refractivity contribution in [2.24, 2.45) is 5.10 Å². The number of hydrogen-bond acceptors (Lipinski definition) is 5. The van der Waals surface area contributed by atoms with E-state index in [9.17, 15) is 18.0 Å². The Labute approximate surface area is 175 Å². The first kappa shape index (κ1) is 20.2. The van der Waals surface area contributed by atoms with Gasteiger partial charge >= 0.3 is 0 Å². The van der Waals surface area contributed by atoms with E-state index in [2.05, 4.69) is 5.10 Å². The Balaban J connectivity index is 1.45. The van der Waals surface area contributed by atoms with E-state index in [1.807, 2.05) is 6.07 Å². The Kier molecular flexibility index (Phi) is 5.65. The Morgan fingerprint density at radius 3 is 2.07 bits per heavy atom. The fraction of sp³-hybridized carbons (Fsp3) is 0.286. The monoisotopic (exact) mass is 426 g/mol. The summed E-state index contributed by atoms with van der Waals surface area (Å²) in [6, 6.07) is 17.3. The van der Waals surface area contributed by atoms with Crippen LogP contribution in [0, 0.1) is 0 Å². The molecular weight excluding hydrogens is 404 g/mol. The Hall–Kier alpha value is -3.04. The Morgan fingerprint density at radius 1 is 0.833 bits per heavy atom. The van der Waals surface area contributed by atoms with Crippen molar-refractivity contribution in [1.29, 1.82) is 0 Å². The van der Waals surface area contributed by atoms with Gasteiger partial charge in [0.05, 0.1) is 10.6 Å². The zero-order valence-electron chi connectivity index (χ0n) is 16.3. The van der Waals surface area contributed by atoms with E-state index >= 15 is 0 Å². The SMILES string of the molecule is O=C(C1=NN(c2ccccc2)C(=O)CC1)N1CCN(S(=O)(=O)c2ccccc2)CC1. The molecule has 2 amide bonds. The molecular formula is C21H22N4O4S. The van der Waals surface area contributed by atoms with Crippen molar-refractivity contribution < 1.29 is 18.0 Å². The van der Waals surface area contributed by atoms with Crippen molar-refractivity contribution >= 4 is 33.2 Å². The fourth-order valence-corrected chi connectivity index (χ4v) is 4.98. The predicted molar refractivity (Wildman–Crippen MR) is 112 cm³/mol. The lowest BCUT2D eigenvalue weighted by molar-refractivity contribution is -0.125. The van der Waals surface area contributed by atoms with Gasteiger partial charge < -0.3 is 4.90 Å². The lowest BCUT2D eigenvalue weighted by Gasteiger charge is -2.35. The molecule has 0 aromatic heterocycles. The summed E-state index contributed by atoms with van der Waals surface area (Å²) < 4.78 is 26.9. The average Bonchev–Trinajstić information content (AvgIpc) is 2.80. The number of hydrogen-bond donors (Lipinski definition) is 0. The second-order valence-corrected chi connectivity index (χ2v) is 9.04. The predicted octanol–water partition coefficient (Wildman–Crippen LogP) is 1.70. The summed E-state index contributed by atoms with van der Waals surface area (Å²) in [5, 5.41) is 5.57. The molecule has 0 radical (unpaired) electrons. The van der Waals surface area contributed by atoms with Gasteiger partial charge in [-0.3, -0.25) is 9.59 Å². The second-order valence-electron chi connectivity index (χ2n) is 7.10. The third-order valence-corrected chi connectivity index (χ3v) is 7.10. The first-order valence-corrected chi connectivity index (χ1v) is 11.2. The highest BCUT2D eigenvalue weighted by atomic mass is 32.2. The summed E-state index contributed by atoms with van der Waals surface area (Å²) >= 11 is 0. The first-order valence-electron chi connectivity index (χ1n) is 9.77. The van der Waals surface area contributed by atoms with E-state index in [-0.39, 0.29) is 55.7 Å². The van der Waals surface area contributed by atoms with Gasteiger partial charge in [0.2, 0.25) is 15.9 Å². The van der Waals surface area contributed by atoms with Crippen molar-refractivity contribution in [1.82, 2.24) is 9.21 Å². The van der Waals surface area contributed by atoms with Gasteiger partial charge in [-0.1, -0.05) is 36.4 Å². The zero-order valence-corrected chi connectivity index (χ0v) is 17.2. The van der Waals surface area contributed by atoms with Gasteiger partial charge in [0, 0.05) is 39.0 Å². The number of rotatable bonds is 4. The molecule has 0 aliphatic carbocycles. The fourth-order valence-electron chi connectivity index (χ4n) is 3.53. The molecule has 2 aliphatic rings. The van der Waals surface area contributed by atoms with Crippen LogP contribution in [0.25, 0.3) is 0 Å². The van der Waals surface area contributed by atoms with Crippen molar-refractivity contribution in [2.75, 3.05) is 31.2 Å². The highest BCUT2D eigenvalue weighted by Crippen LogP contribution is 2.21. The maximum Gasteiger partial charge on any atom is 0.270 e. The van der Waals surface area contributed by atoms with Crippen LogP contribution in [0.1, 0.15) is 12.8 Å².